The molecule has 55 heavy (non-hydrogen) atoms. The third-order valence-electron chi connectivity index (χ3n) is 10.5. The van der Waals surface area contributed by atoms with E-state index < -0.39 is 6.10 Å². The number of β-amino-alcohol motifs (C(OH)–C–C–N with tert-alkyl or cyclic N) is 1. The van der Waals surface area contributed by atoms with Crippen molar-refractivity contribution in [2.24, 2.45) is 11.3 Å². The number of aliphatic hydroxyl groups is 1. The summed E-state index contributed by atoms with van der Waals surface area (Å²) in [6, 6.07) is 10.1. The van der Waals surface area contributed by atoms with Gasteiger partial charge in [0.05, 0.1) is 33.3 Å². The van der Waals surface area contributed by atoms with E-state index in [4.69, 9.17) is 45.3 Å². The topological polar surface area (TPSA) is 117 Å². The van der Waals surface area contributed by atoms with Crippen LogP contribution in [0.25, 0.3) is 0 Å². The number of halogens is 3. The Kier molecular flexibility index (Phi) is 21.0. The van der Waals surface area contributed by atoms with Crippen molar-refractivity contribution >= 4 is 52.2 Å². The Labute approximate surface area is 348 Å². The van der Waals surface area contributed by atoms with E-state index in [9.17, 15) is 14.7 Å². The molecule has 2 fully saturated rings. The van der Waals surface area contributed by atoms with Crippen molar-refractivity contribution in [3.05, 3.63) is 62.6 Å². The molecule has 312 valence electrons. The quantitative estimate of drug-likeness (QED) is 0.0896. The third-order valence-corrected chi connectivity index (χ3v) is 11.4. The van der Waals surface area contributed by atoms with Crippen molar-refractivity contribution in [3.8, 4) is 0 Å². The first-order chi connectivity index (χ1) is 25.7. The number of anilines is 1. The van der Waals surface area contributed by atoms with Crippen LogP contribution in [0.2, 0.25) is 15.1 Å². The molecule has 0 aliphatic heterocycles. The summed E-state index contributed by atoms with van der Waals surface area (Å²) in [5.74, 6) is 0.784. The molecule has 2 aliphatic carbocycles. The number of nitrogens with one attached hydrogen (secondary N) is 2. The highest BCUT2D eigenvalue weighted by Crippen LogP contribution is 2.49. The Morgan fingerprint density at radius 3 is 1.98 bits per heavy atom. The number of nitrogens with two attached hydrogens (primary N) is 1. The van der Waals surface area contributed by atoms with Crippen LogP contribution < -0.4 is 16.4 Å². The minimum Gasteiger partial charge on any atom is -0.464 e. The van der Waals surface area contributed by atoms with Gasteiger partial charge in [-0.15, -0.1) is 0 Å². The smallest absolute Gasteiger partial charge is 0.312 e. The van der Waals surface area contributed by atoms with Crippen molar-refractivity contribution in [1.82, 2.24) is 15.5 Å². The number of nitrogens with zero attached hydrogens (tertiary/aromatic N) is 1. The maximum atomic E-state index is 12.9. The van der Waals surface area contributed by atoms with Crippen LogP contribution in [-0.4, -0.2) is 71.7 Å². The number of hydrogen-bond donors (Lipinski definition) is 4. The van der Waals surface area contributed by atoms with Gasteiger partial charge in [0.2, 0.25) is 0 Å². The molecular weight excluding hydrogens is 755 g/mol. The van der Waals surface area contributed by atoms with Crippen LogP contribution in [-0.2, 0) is 9.53 Å². The number of esters is 1. The second-order valence-electron chi connectivity index (χ2n) is 17.3. The van der Waals surface area contributed by atoms with Gasteiger partial charge < -0.3 is 31.1 Å². The van der Waals surface area contributed by atoms with Crippen LogP contribution in [0.15, 0.2) is 36.4 Å². The first kappa shape index (κ1) is 49.2. The summed E-state index contributed by atoms with van der Waals surface area (Å²) < 4.78 is 5.79. The average molecular weight is 826 g/mol. The maximum absolute atomic E-state index is 12.9. The van der Waals surface area contributed by atoms with Crippen molar-refractivity contribution in [3.63, 3.8) is 0 Å². The van der Waals surface area contributed by atoms with Gasteiger partial charge in [0.25, 0.3) is 0 Å². The first-order valence-electron chi connectivity index (χ1n) is 20.4. The van der Waals surface area contributed by atoms with E-state index in [2.05, 4.69) is 29.4 Å². The van der Waals surface area contributed by atoms with Gasteiger partial charge in [-0.05, 0) is 123 Å². The summed E-state index contributed by atoms with van der Waals surface area (Å²) in [5, 5.41) is 17.8. The van der Waals surface area contributed by atoms with Crippen molar-refractivity contribution in [1.29, 1.82) is 0 Å². The molecule has 0 bridgehead atoms. The number of aliphatic hydroxyl groups excluding tert-OH is 1. The Balaban J connectivity index is 0.000000290. The zero-order valence-corrected chi connectivity index (χ0v) is 37.4. The third kappa shape index (κ3) is 17.2. The van der Waals surface area contributed by atoms with E-state index in [1.807, 2.05) is 48.5 Å². The molecule has 2 aliphatic rings. The van der Waals surface area contributed by atoms with E-state index in [1.165, 1.54) is 51.4 Å². The summed E-state index contributed by atoms with van der Waals surface area (Å²) in [6.07, 6.45) is 11.6. The number of ether oxygens (including phenoxy) is 1. The SMILES string of the molecule is CC(C)(C)NCC(O)c1cc(Cl)c(N)c(Cl)c1.CC(NC(C)(C)C)C(=O)c1cccc(Cl)c1.CCN(CC)CCOC(=O)C1(C2CCCCC2)CCCCC1. The Hall–Kier alpha value is -1.91. The molecule has 2 atom stereocenters. The van der Waals surface area contributed by atoms with Crippen molar-refractivity contribution < 1.29 is 19.4 Å². The van der Waals surface area contributed by atoms with E-state index in [1.54, 1.807) is 36.4 Å². The van der Waals surface area contributed by atoms with Crippen LogP contribution in [0, 0.1) is 11.3 Å². The fraction of sp³-hybridized carbons (Fsp3) is 0.682. The molecule has 2 unspecified atom stereocenters. The monoisotopic (exact) mass is 824 g/mol. The molecule has 5 N–H and O–H groups in total. The summed E-state index contributed by atoms with van der Waals surface area (Å²) in [4.78, 5) is 27.3. The lowest BCUT2D eigenvalue weighted by molar-refractivity contribution is -0.164. The summed E-state index contributed by atoms with van der Waals surface area (Å²) >= 11 is 17.7. The molecule has 4 rings (SSSR count). The predicted octanol–water partition coefficient (Wildman–Crippen LogP) is 10.7. The maximum Gasteiger partial charge on any atom is 0.312 e. The lowest BCUT2D eigenvalue weighted by Gasteiger charge is -2.43. The number of hydrogen-bond acceptors (Lipinski definition) is 8. The molecule has 0 amide bonds. The average Bonchev–Trinajstić information content (AvgIpc) is 3.14. The molecule has 2 aromatic rings. The van der Waals surface area contributed by atoms with Gasteiger partial charge in [0, 0.05) is 34.8 Å². The van der Waals surface area contributed by atoms with Crippen LogP contribution in [0.5, 0.6) is 0 Å². The Morgan fingerprint density at radius 1 is 0.909 bits per heavy atom. The second kappa shape index (κ2) is 23.5. The lowest BCUT2D eigenvalue weighted by Crippen LogP contribution is -2.46. The summed E-state index contributed by atoms with van der Waals surface area (Å²) in [6.45, 7) is 22.3. The van der Waals surface area contributed by atoms with Gasteiger partial charge in [0.1, 0.15) is 6.61 Å². The zero-order valence-electron chi connectivity index (χ0n) is 35.1. The molecule has 2 aromatic carbocycles. The summed E-state index contributed by atoms with van der Waals surface area (Å²) in [5.41, 5.74) is 7.02. The highest BCUT2D eigenvalue weighted by atomic mass is 35.5. The zero-order chi connectivity index (χ0) is 41.4. The van der Waals surface area contributed by atoms with E-state index in [0.29, 0.717) is 51.0 Å². The lowest BCUT2D eigenvalue weighted by atomic mass is 9.62. The van der Waals surface area contributed by atoms with E-state index in [-0.39, 0.29) is 34.3 Å². The largest absolute Gasteiger partial charge is 0.464 e. The molecule has 2 saturated carbocycles. The van der Waals surface area contributed by atoms with E-state index >= 15 is 0 Å². The van der Waals surface area contributed by atoms with Gasteiger partial charge in [-0.3, -0.25) is 9.59 Å². The fourth-order valence-electron chi connectivity index (χ4n) is 7.49. The number of rotatable bonds is 13. The van der Waals surface area contributed by atoms with Crippen LogP contribution in [0.1, 0.15) is 149 Å². The van der Waals surface area contributed by atoms with Gasteiger partial charge in [0.15, 0.2) is 5.78 Å². The number of benzene rings is 2. The minimum atomic E-state index is -0.662. The number of carbonyl (C=O) groups excluding carboxylic acids is 2. The number of carbonyl (C=O) groups is 2. The molecule has 0 spiro atoms. The minimum absolute atomic E-state index is 0.0532. The highest BCUT2D eigenvalue weighted by molar-refractivity contribution is 6.38. The van der Waals surface area contributed by atoms with Gasteiger partial charge in [-0.2, -0.15) is 0 Å². The molecule has 0 radical (unpaired) electrons. The van der Waals surface area contributed by atoms with E-state index in [0.717, 1.165) is 32.5 Å². The van der Waals surface area contributed by atoms with Crippen LogP contribution in [0.3, 0.4) is 0 Å². The van der Waals surface area contributed by atoms with Gasteiger partial charge in [-0.25, -0.2) is 0 Å². The fourth-order valence-corrected chi connectivity index (χ4v) is 8.19. The molecule has 0 heterocycles. The normalized spacial score (nSPS) is 17.3. The van der Waals surface area contributed by atoms with Gasteiger partial charge >= 0.3 is 5.97 Å². The number of nitrogen functional groups attached to an aromatic ring is 1. The van der Waals surface area contributed by atoms with Gasteiger partial charge in [-0.1, -0.05) is 99.3 Å². The first-order valence-corrected chi connectivity index (χ1v) is 21.5. The Bertz CT molecular complexity index is 1440. The Morgan fingerprint density at radius 2 is 1.47 bits per heavy atom. The molecule has 8 nitrogen and oxygen atoms in total. The standard InChI is InChI=1S/C19H35NO2.C13H18ClNO.C12H18Cl2N2O/c1-3-20(4-2)15-16-22-18(21)19(13-9-6-10-14-19)17-11-7-5-8-12-17;1-9(15-13(2,3)4)12(16)10-6-5-7-11(14)8-10;1-12(2,3)16-6-10(17)7-4-8(13)11(15)9(14)5-7/h17H,3-16H2,1-2H3;5-9,15H,1-4H3;4-5,10,16-17H,6,15H2,1-3H3. The molecular formula is C44H71Cl3N4O4. The second-order valence-corrected chi connectivity index (χ2v) is 18.5. The number of ketones is 1. The number of Topliss-reactive ketones (excluding diaryl/α,β-unsaturated/α-hetero) is 1. The van der Waals surface area contributed by atoms with Crippen molar-refractivity contribution in [2.45, 2.75) is 150 Å². The van der Waals surface area contributed by atoms with Crippen molar-refractivity contribution in [2.75, 3.05) is 38.5 Å². The molecule has 11 heteroatoms. The summed E-state index contributed by atoms with van der Waals surface area (Å²) in [7, 11) is 0. The van der Waals surface area contributed by atoms with Crippen LogP contribution >= 0.6 is 34.8 Å². The molecule has 0 saturated heterocycles. The van der Waals surface area contributed by atoms with Crippen LogP contribution in [0.4, 0.5) is 5.69 Å². The predicted molar refractivity (Wildman–Crippen MR) is 233 cm³/mol. The molecule has 0 aromatic heterocycles. The highest BCUT2D eigenvalue weighted by Gasteiger charge is 2.47. The number of likely N-dealkylation sites (N-methyl/N-ethyl adjacent to an activating group) is 1.